The van der Waals surface area contributed by atoms with Gasteiger partial charge in [-0.1, -0.05) is 12.8 Å². The summed E-state index contributed by atoms with van der Waals surface area (Å²) in [5, 5.41) is 12.5. The first-order valence-corrected chi connectivity index (χ1v) is 7.65. The summed E-state index contributed by atoms with van der Waals surface area (Å²) in [7, 11) is 0. The molecule has 2 rings (SSSR count). The average molecular weight is 291 g/mol. The fraction of sp³-hybridized carbons (Fsp3) is 0.562. The number of carbonyl (C=O) groups is 1. The summed E-state index contributed by atoms with van der Waals surface area (Å²) in [5.41, 5.74) is 7.06. The van der Waals surface area contributed by atoms with E-state index < -0.39 is 0 Å². The first-order chi connectivity index (χ1) is 10.1. The predicted molar refractivity (Wildman–Crippen MR) is 85.0 cm³/mol. The summed E-state index contributed by atoms with van der Waals surface area (Å²) in [6.07, 6.45) is 4.32. The van der Waals surface area contributed by atoms with E-state index in [2.05, 4.69) is 10.2 Å². The van der Waals surface area contributed by atoms with Gasteiger partial charge in [0.2, 0.25) is 5.91 Å². The van der Waals surface area contributed by atoms with Crippen molar-refractivity contribution in [3.8, 4) is 0 Å². The molecule has 1 aliphatic heterocycles. The van der Waals surface area contributed by atoms with Gasteiger partial charge in [0.1, 0.15) is 0 Å². The number of rotatable bonds is 4. The Morgan fingerprint density at radius 1 is 1.38 bits per heavy atom. The lowest BCUT2D eigenvalue weighted by atomic mass is 10.1. The molecule has 21 heavy (non-hydrogen) atoms. The SMILES string of the molecule is CC(C(=O)Nc1ccc(N)cc1)N1CCCCCC1CO. The van der Waals surface area contributed by atoms with Crippen molar-refractivity contribution in [3.63, 3.8) is 0 Å². The van der Waals surface area contributed by atoms with Crippen LogP contribution in [0.2, 0.25) is 0 Å². The topological polar surface area (TPSA) is 78.6 Å². The van der Waals surface area contributed by atoms with Crippen LogP contribution in [0, 0.1) is 0 Å². The van der Waals surface area contributed by atoms with E-state index >= 15 is 0 Å². The monoisotopic (exact) mass is 291 g/mol. The number of nitrogen functional groups attached to an aromatic ring is 1. The van der Waals surface area contributed by atoms with Gasteiger partial charge in [-0.05, 0) is 50.6 Å². The first kappa shape index (κ1) is 15.8. The van der Waals surface area contributed by atoms with Gasteiger partial charge in [0, 0.05) is 17.4 Å². The summed E-state index contributed by atoms with van der Waals surface area (Å²) < 4.78 is 0. The van der Waals surface area contributed by atoms with Crippen molar-refractivity contribution in [2.24, 2.45) is 0 Å². The number of carbonyl (C=O) groups excluding carboxylic acids is 1. The van der Waals surface area contributed by atoms with Crippen molar-refractivity contribution in [3.05, 3.63) is 24.3 Å². The fourth-order valence-electron chi connectivity index (χ4n) is 2.87. The van der Waals surface area contributed by atoms with E-state index in [1.807, 2.05) is 6.92 Å². The Kier molecular flexibility index (Phi) is 5.59. The molecule has 0 saturated carbocycles. The van der Waals surface area contributed by atoms with Crippen LogP contribution in [-0.2, 0) is 4.79 Å². The number of aliphatic hydroxyl groups is 1. The largest absolute Gasteiger partial charge is 0.399 e. The Morgan fingerprint density at radius 3 is 2.76 bits per heavy atom. The summed E-state index contributed by atoms with van der Waals surface area (Å²) in [5.74, 6) is -0.0416. The molecule has 1 aromatic rings. The molecule has 1 saturated heterocycles. The minimum absolute atomic E-state index is 0.0416. The van der Waals surface area contributed by atoms with Crippen LogP contribution >= 0.6 is 0 Å². The van der Waals surface area contributed by atoms with E-state index in [0.29, 0.717) is 5.69 Å². The van der Waals surface area contributed by atoms with Crippen LogP contribution in [-0.4, -0.2) is 41.1 Å². The maximum atomic E-state index is 12.4. The Morgan fingerprint density at radius 2 is 2.10 bits per heavy atom. The van der Waals surface area contributed by atoms with Crippen molar-refractivity contribution in [1.82, 2.24) is 4.90 Å². The van der Waals surface area contributed by atoms with E-state index in [1.54, 1.807) is 24.3 Å². The van der Waals surface area contributed by atoms with Crippen molar-refractivity contribution >= 4 is 17.3 Å². The summed E-state index contributed by atoms with van der Waals surface area (Å²) in [4.78, 5) is 14.5. The van der Waals surface area contributed by atoms with Gasteiger partial charge in [0.05, 0.1) is 12.6 Å². The van der Waals surface area contributed by atoms with Crippen LogP contribution in [0.3, 0.4) is 0 Å². The standard InChI is InChI=1S/C16H25N3O2/c1-12(19-10-4-2-3-5-15(19)11-20)16(21)18-14-8-6-13(17)7-9-14/h6-9,12,15,20H,2-5,10-11,17H2,1H3,(H,18,21). The molecule has 4 N–H and O–H groups in total. The van der Waals surface area contributed by atoms with E-state index in [4.69, 9.17) is 5.73 Å². The highest BCUT2D eigenvalue weighted by Crippen LogP contribution is 2.20. The number of anilines is 2. The van der Waals surface area contributed by atoms with E-state index in [-0.39, 0.29) is 24.6 Å². The molecule has 2 atom stereocenters. The zero-order valence-corrected chi connectivity index (χ0v) is 12.6. The van der Waals surface area contributed by atoms with Gasteiger partial charge in [-0.3, -0.25) is 9.69 Å². The summed E-state index contributed by atoms with van der Waals surface area (Å²) in [6, 6.07) is 6.96. The molecule has 5 nitrogen and oxygen atoms in total. The van der Waals surface area contributed by atoms with Gasteiger partial charge in [0.25, 0.3) is 0 Å². The van der Waals surface area contributed by atoms with Crippen LogP contribution in [0.15, 0.2) is 24.3 Å². The summed E-state index contributed by atoms with van der Waals surface area (Å²) >= 11 is 0. The van der Waals surface area contributed by atoms with Gasteiger partial charge in [0.15, 0.2) is 0 Å². The molecule has 5 heteroatoms. The van der Waals surface area contributed by atoms with Crippen LogP contribution in [0.25, 0.3) is 0 Å². The first-order valence-electron chi connectivity index (χ1n) is 7.65. The zero-order chi connectivity index (χ0) is 15.2. The molecular weight excluding hydrogens is 266 g/mol. The lowest BCUT2D eigenvalue weighted by molar-refractivity contribution is -0.122. The Hall–Kier alpha value is -1.59. The second kappa shape index (κ2) is 7.43. The molecule has 0 radical (unpaired) electrons. The zero-order valence-electron chi connectivity index (χ0n) is 12.6. The number of benzene rings is 1. The van der Waals surface area contributed by atoms with Crippen LogP contribution in [0.4, 0.5) is 11.4 Å². The molecule has 1 fully saturated rings. The van der Waals surface area contributed by atoms with Crippen molar-refractivity contribution in [2.45, 2.75) is 44.7 Å². The Labute approximate surface area is 126 Å². The van der Waals surface area contributed by atoms with Crippen LogP contribution in [0.5, 0.6) is 0 Å². The van der Waals surface area contributed by atoms with E-state index in [1.165, 1.54) is 6.42 Å². The lowest BCUT2D eigenvalue weighted by Crippen LogP contribution is -2.48. The quantitative estimate of drug-likeness (QED) is 0.740. The molecule has 116 valence electrons. The Balaban J connectivity index is 2.01. The second-order valence-corrected chi connectivity index (χ2v) is 5.71. The van der Waals surface area contributed by atoms with Crippen molar-refractivity contribution < 1.29 is 9.90 Å². The molecule has 1 aromatic carbocycles. The molecule has 1 aliphatic rings. The van der Waals surface area contributed by atoms with Crippen molar-refractivity contribution in [2.75, 3.05) is 24.2 Å². The minimum atomic E-state index is -0.252. The number of nitrogens with zero attached hydrogens (tertiary/aromatic N) is 1. The lowest BCUT2D eigenvalue weighted by Gasteiger charge is -2.33. The third-order valence-electron chi connectivity index (χ3n) is 4.19. The molecule has 2 unspecified atom stereocenters. The summed E-state index contributed by atoms with van der Waals surface area (Å²) in [6.45, 7) is 2.88. The number of aliphatic hydroxyl groups excluding tert-OH is 1. The molecule has 1 amide bonds. The highest BCUT2D eigenvalue weighted by atomic mass is 16.3. The van der Waals surface area contributed by atoms with E-state index in [9.17, 15) is 9.90 Å². The molecule has 0 aliphatic carbocycles. The fourth-order valence-corrected chi connectivity index (χ4v) is 2.87. The van der Waals surface area contributed by atoms with Crippen molar-refractivity contribution in [1.29, 1.82) is 0 Å². The van der Waals surface area contributed by atoms with Gasteiger partial charge in [-0.15, -0.1) is 0 Å². The molecule has 1 heterocycles. The second-order valence-electron chi connectivity index (χ2n) is 5.71. The highest BCUT2D eigenvalue weighted by Gasteiger charge is 2.28. The van der Waals surface area contributed by atoms with Gasteiger partial charge in [-0.2, -0.15) is 0 Å². The van der Waals surface area contributed by atoms with Crippen LogP contribution in [0.1, 0.15) is 32.6 Å². The molecule has 0 aromatic heterocycles. The number of hydrogen-bond donors (Lipinski definition) is 3. The normalized spacial score (nSPS) is 21.5. The maximum absolute atomic E-state index is 12.4. The Bertz CT molecular complexity index is 461. The van der Waals surface area contributed by atoms with Gasteiger partial charge in [-0.25, -0.2) is 0 Å². The minimum Gasteiger partial charge on any atom is -0.399 e. The number of hydrogen-bond acceptors (Lipinski definition) is 4. The predicted octanol–water partition coefficient (Wildman–Crippen LogP) is 1.83. The molecule has 0 bridgehead atoms. The average Bonchev–Trinajstić information content (AvgIpc) is 2.73. The number of amides is 1. The smallest absolute Gasteiger partial charge is 0.241 e. The van der Waals surface area contributed by atoms with Gasteiger partial charge < -0.3 is 16.2 Å². The van der Waals surface area contributed by atoms with E-state index in [0.717, 1.165) is 31.5 Å². The number of nitrogens with two attached hydrogens (primary N) is 1. The third-order valence-corrected chi connectivity index (χ3v) is 4.19. The third kappa shape index (κ3) is 4.19. The molecular formula is C16H25N3O2. The molecule has 0 spiro atoms. The van der Waals surface area contributed by atoms with Gasteiger partial charge >= 0.3 is 0 Å². The highest BCUT2D eigenvalue weighted by molar-refractivity contribution is 5.94. The number of nitrogens with one attached hydrogen (secondary N) is 1. The van der Waals surface area contributed by atoms with Crippen LogP contribution < -0.4 is 11.1 Å². The maximum Gasteiger partial charge on any atom is 0.241 e. The number of likely N-dealkylation sites (tertiary alicyclic amines) is 1.